The Balaban J connectivity index is 1.77. The van der Waals surface area contributed by atoms with Crippen molar-refractivity contribution in [1.82, 2.24) is 0 Å². The van der Waals surface area contributed by atoms with Gasteiger partial charge >= 0.3 is 33.6 Å². The van der Waals surface area contributed by atoms with Crippen LogP contribution >= 0.6 is 22.6 Å². The summed E-state index contributed by atoms with van der Waals surface area (Å²) in [7, 11) is -7.42. The fourth-order valence-corrected chi connectivity index (χ4v) is 7.20. The van der Waals surface area contributed by atoms with Crippen molar-refractivity contribution >= 4 is 32.8 Å². The number of hydrogen-bond acceptors (Lipinski definition) is 3. The SMILES string of the molecule is O=S(=O)(F)C(F)(F)C(F)(F)OC(F)(F)C(F)(F)CC(I)C12CC3CC(CC(C3)C1)C2. The molecular formula is C16H18F9IO3S. The highest BCUT2D eigenvalue weighted by atomic mass is 127. The molecule has 0 heterocycles. The Morgan fingerprint density at radius 3 is 1.63 bits per heavy atom. The maximum absolute atomic E-state index is 14.3. The third-order valence-electron chi connectivity index (χ3n) is 6.51. The van der Waals surface area contributed by atoms with Gasteiger partial charge in [-0.05, 0) is 61.7 Å². The van der Waals surface area contributed by atoms with Gasteiger partial charge in [0, 0.05) is 10.3 Å². The van der Waals surface area contributed by atoms with Gasteiger partial charge in [-0.3, -0.25) is 0 Å². The van der Waals surface area contributed by atoms with E-state index < -0.39 is 49.4 Å². The summed E-state index contributed by atoms with van der Waals surface area (Å²) in [6.07, 6.45) is -10.2. The van der Waals surface area contributed by atoms with Gasteiger partial charge in [0.15, 0.2) is 0 Å². The maximum atomic E-state index is 14.3. The molecule has 3 nitrogen and oxygen atoms in total. The fraction of sp³-hybridized carbons (Fsp3) is 1.00. The van der Waals surface area contributed by atoms with Gasteiger partial charge in [-0.1, -0.05) is 26.5 Å². The molecule has 4 aliphatic rings. The van der Waals surface area contributed by atoms with E-state index in [1.165, 1.54) is 0 Å². The van der Waals surface area contributed by atoms with E-state index in [2.05, 4.69) is 4.74 Å². The molecule has 0 aromatic rings. The number of hydrogen-bond donors (Lipinski definition) is 0. The van der Waals surface area contributed by atoms with Crippen LogP contribution in [0, 0.1) is 23.2 Å². The molecule has 0 N–H and O–H groups in total. The highest BCUT2D eigenvalue weighted by Crippen LogP contribution is 2.64. The first-order chi connectivity index (χ1) is 13.3. The Bertz CT molecular complexity index is 752. The van der Waals surface area contributed by atoms with Crippen molar-refractivity contribution in [2.75, 3.05) is 0 Å². The third-order valence-corrected chi connectivity index (χ3v) is 9.12. The quantitative estimate of drug-likeness (QED) is 0.149. The first-order valence-corrected chi connectivity index (χ1v) is 11.7. The minimum absolute atomic E-state index is 0.275. The molecule has 1 unspecified atom stereocenters. The molecule has 0 aromatic heterocycles. The molecule has 1 atom stereocenters. The largest absolute Gasteiger partial charge is 0.464 e. The highest BCUT2D eigenvalue weighted by molar-refractivity contribution is 14.1. The number of halogens is 10. The Morgan fingerprint density at radius 1 is 0.867 bits per heavy atom. The van der Waals surface area contributed by atoms with Crippen molar-refractivity contribution in [3.05, 3.63) is 0 Å². The molecule has 0 amide bonds. The summed E-state index contributed by atoms with van der Waals surface area (Å²) in [6, 6.07) is 0. The Hall–Kier alpha value is 0.01000. The minimum Gasteiger partial charge on any atom is -0.245 e. The second kappa shape index (κ2) is 7.26. The lowest BCUT2D eigenvalue weighted by Crippen LogP contribution is -2.57. The van der Waals surface area contributed by atoms with Crippen LogP contribution in [0.25, 0.3) is 0 Å². The van der Waals surface area contributed by atoms with E-state index in [0.717, 1.165) is 19.3 Å². The van der Waals surface area contributed by atoms with Gasteiger partial charge in [-0.2, -0.15) is 43.5 Å². The number of ether oxygens (including phenoxy) is 1. The summed E-state index contributed by atoms with van der Waals surface area (Å²) in [4.78, 5) is 0. The van der Waals surface area contributed by atoms with Crippen LogP contribution in [0.3, 0.4) is 0 Å². The van der Waals surface area contributed by atoms with Gasteiger partial charge < -0.3 is 0 Å². The predicted molar refractivity (Wildman–Crippen MR) is 93.9 cm³/mol. The second-order valence-electron chi connectivity index (χ2n) is 8.75. The van der Waals surface area contributed by atoms with E-state index in [4.69, 9.17) is 0 Å². The van der Waals surface area contributed by atoms with Crippen molar-refractivity contribution < 1.29 is 52.2 Å². The summed E-state index contributed by atoms with van der Waals surface area (Å²) in [6.45, 7) is 0. The van der Waals surface area contributed by atoms with E-state index in [0.29, 0.717) is 19.3 Å². The van der Waals surface area contributed by atoms with E-state index >= 15 is 0 Å². The zero-order valence-electron chi connectivity index (χ0n) is 15.2. The zero-order valence-corrected chi connectivity index (χ0v) is 18.1. The van der Waals surface area contributed by atoms with Crippen LogP contribution in [-0.4, -0.2) is 35.7 Å². The lowest BCUT2D eigenvalue weighted by atomic mass is 9.48. The van der Waals surface area contributed by atoms with E-state index in [1.807, 2.05) is 0 Å². The molecule has 4 saturated carbocycles. The fourth-order valence-electron chi connectivity index (χ4n) is 5.56. The summed E-state index contributed by atoms with van der Waals surface area (Å²) in [5.74, 6) is -4.51. The van der Waals surface area contributed by atoms with Crippen LogP contribution in [-0.2, 0) is 15.0 Å². The van der Waals surface area contributed by atoms with E-state index in [1.54, 1.807) is 22.6 Å². The monoisotopic (exact) mass is 588 g/mol. The molecule has 0 spiro atoms. The van der Waals surface area contributed by atoms with Gasteiger partial charge in [0.1, 0.15) is 0 Å². The average Bonchev–Trinajstić information content (AvgIpc) is 2.50. The molecule has 30 heavy (non-hydrogen) atoms. The molecular weight excluding hydrogens is 570 g/mol. The van der Waals surface area contributed by atoms with Crippen LogP contribution in [0.4, 0.5) is 39.0 Å². The highest BCUT2D eigenvalue weighted by Gasteiger charge is 2.75. The second-order valence-corrected chi connectivity index (χ2v) is 11.6. The molecule has 4 bridgehead atoms. The summed E-state index contributed by atoms with van der Waals surface area (Å²) in [5.41, 5.74) is -0.691. The van der Waals surface area contributed by atoms with Crippen molar-refractivity contribution in [2.24, 2.45) is 23.2 Å². The van der Waals surface area contributed by atoms with Gasteiger partial charge in [0.25, 0.3) is 0 Å². The van der Waals surface area contributed by atoms with Crippen molar-refractivity contribution in [3.8, 4) is 0 Å². The summed E-state index contributed by atoms with van der Waals surface area (Å²) >= 11 is 1.56. The Kier molecular flexibility index (Phi) is 5.96. The van der Waals surface area contributed by atoms with Crippen molar-refractivity contribution in [2.45, 2.75) is 72.3 Å². The summed E-state index contributed by atoms with van der Waals surface area (Å²) in [5, 5.41) is -6.77. The number of rotatable bonds is 8. The molecule has 4 aliphatic carbocycles. The number of alkyl halides is 9. The van der Waals surface area contributed by atoms with Gasteiger partial charge in [-0.15, -0.1) is 0 Å². The first-order valence-electron chi connectivity index (χ1n) is 9.12. The van der Waals surface area contributed by atoms with Crippen LogP contribution in [0.1, 0.15) is 44.9 Å². The van der Waals surface area contributed by atoms with Crippen LogP contribution in [0.5, 0.6) is 0 Å². The zero-order chi connectivity index (χ0) is 23.0. The van der Waals surface area contributed by atoms with Crippen LogP contribution in [0.2, 0.25) is 0 Å². The molecule has 4 fully saturated rings. The smallest absolute Gasteiger partial charge is 0.245 e. The van der Waals surface area contributed by atoms with E-state index in [-0.39, 0.29) is 17.8 Å². The predicted octanol–water partition coefficient (Wildman–Crippen LogP) is 6.13. The average molecular weight is 588 g/mol. The molecule has 0 aliphatic heterocycles. The standard InChI is InChI=1S/C16H18F9IO3S/c17-13(18,14(19,20)29-15(21,22)16(23,24)30(25,27)28)7-11(26)12-4-8-1-9(5-12)3-10(2-8)6-12/h8-11H,1-7H2. The molecule has 14 heteroatoms. The Morgan fingerprint density at radius 2 is 1.27 bits per heavy atom. The van der Waals surface area contributed by atoms with Crippen LogP contribution < -0.4 is 0 Å². The van der Waals surface area contributed by atoms with Crippen LogP contribution in [0.15, 0.2) is 0 Å². The molecule has 0 radical (unpaired) electrons. The topological polar surface area (TPSA) is 43.4 Å². The lowest BCUT2D eigenvalue weighted by molar-refractivity contribution is -0.456. The van der Waals surface area contributed by atoms with E-state index in [9.17, 15) is 47.4 Å². The molecule has 0 saturated heterocycles. The molecule has 4 rings (SSSR count). The lowest BCUT2D eigenvalue weighted by Gasteiger charge is -2.59. The maximum Gasteiger partial charge on any atom is 0.464 e. The first kappa shape index (κ1) is 24.6. The normalized spacial score (nSPS) is 33.7. The van der Waals surface area contributed by atoms with Gasteiger partial charge in [0.05, 0.1) is 0 Å². The summed E-state index contributed by atoms with van der Waals surface area (Å²) < 4.78 is 143. The van der Waals surface area contributed by atoms with Gasteiger partial charge in [0.2, 0.25) is 0 Å². The third kappa shape index (κ3) is 4.05. The van der Waals surface area contributed by atoms with Crippen molar-refractivity contribution in [1.29, 1.82) is 0 Å². The minimum atomic E-state index is -7.42. The molecule has 176 valence electrons. The van der Waals surface area contributed by atoms with Gasteiger partial charge in [-0.25, -0.2) is 4.74 Å². The van der Waals surface area contributed by atoms with Crippen molar-refractivity contribution in [3.63, 3.8) is 0 Å². The Labute approximate surface area is 180 Å². The molecule has 0 aromatic carbocycles.